The van der Waals surface area contributed by atoms with Gasteiger partial charge in [0.15, 0.2) is 0 Å². The minimum Gasteiger partial charge on any atom is -0.324 e. The van der Waals surface area contributed by atoms with Gasteiger partial charge < -0.3 is 10.6 Å². The Morgan fingerprint density at radius 1 is 0.962 bits per heavy atom. The molecule has 5 heteroatoms. The van der Waals surface area contributed by atoms with Crippen molar-refractivity contribution < 1.29 is 4.79 Å². The first kappa shape index (κ1) is 17.6. The van der Waals surface area contributed by atoms with Gasteiger partial charge in [0.1, 0.15) is 0 Å². The summed E-state index contributed by atoms with van der Waals surface area (Å²) in [6, 6.07) is 13.8. The molecule has 132 valence electrons. The van der Waals surface area contributed by atoms with Gasteiger partial charge in [0.2, 0.25) is 5.95 Å². The van der Waals surface area contributed by atoms with Gasteiger partial charge in [-0.1, -0.05) is 37.3 Å². The number of carbonyl (C=O) groups excluding carboxylic acids is 1. The lowest BCUT2D eigenvalue weighted by Gasteiger charge is -2.11. The van der Waals surface area contributed by atoms with Gasteiger partial charge in [-0.15, -0.1) is 0 Å². The Labute approximate surface area is 153 Å². The first-order chi connectivity index (χ1) is 12.6. The summed E-state index contributed by atoms with van der Waals surface area (Å²) in [6.07, 6.45) is 3.92. The number of rotatable bonds is 5. The molecule has 3 rings (SSSR count). The predicted octanol–water partition coefficient (Wildman–Crippen LogP) is 4.65. The third kappa shape index (κ3) is 3.88. The quantitative estimate of drug-likeness (QED) is 0.705. The summed E-state index contributed by atoms with van der Waals surface area (Å²) in [7, 11) is 0. The van der Waals surface area contributed by atoms with Crippen molar-refractivity contribution in [1.29, 1.82) is 0 Å². The zero-order chi connectivity index (χ0) is 18.5. The second kappa shape index (κ2) is 7.78. The van der Waals surface area contributed by atoms with E-state index in [1.807, 2.05) is 43.3 Å². The average molecular weight is 346 g/mol. The monoisotopic (exact) mass is 346 g/mol. The third-order valence-electron chi connectivity index (χ3n) is 4.41. The number of carbonyl (C=O) groups is 1. The normalized spacial score (nSPS) is 10.4. The molecule has 3 aromatic rings. The highest BCUT2D eigenvalue weighted by Gasteiger charge is 2.10. The summed E-state index contributed by atoms with van der Waals surface area (Å²) >= 11 is 0. The lowest BCUT2D eigenvalue weighted by atomic mass is 10.1. The largest absolute Gasteiger partial charge is 0.324 e. The lowest BCUT2D eigenvalue weighted by molar-refractivity contribution is 0.102. The highest BCUT2D eigenvalue weighted by atomic mass is 16.1. The maximum absolute atomic E-state index is 12.4. The van der Waals surface area contributed by atoms with Crippen molar-refractivity contribution in [2.75, 3.05) is 10.6 Å². The highest BCUT2D eigenvalue weighted by molar-refractivity contribution is 6.04. The van der Waals surface area contributed by atoms with Crippen LogP contribution in [0.2, 0.25) is 0 Å². The number of anilines is 3. The molecule has 0 aliphatic rings. The third-order valence-corrected chi connectivity index (χ3v) is 4.41. The fourth-order valence-electron chi connectivity index (χ4n) is 2.66. The van der Waals surface area contributed by atoms with E-state index in [-0.39, 0.29) is 5.91 Å². The molecule has 2 aromatic carbocycles. The zero-order valence-electron chi connectivity index (χ0n) is 15.2. The fraction of sp³-hybridized carbons (Fsp3) is 0.190. The van der Waals surface area contributed by atoms with Crippen molar-refractivity contribution in [1.82, 2.24) is 9.97 Å². The molecule has 0 fully saturated rings. The number of para-hydroxylation sites is 1. The van der Waals surface area contributed by atoms with Gasteiger partial charge in [-0.2, -0.15) is 0 Å². The van der Waals surface area contributed by atoms with Crippen LogP contribution in [0.4, 0.5) is 17.3 Å². The molecule has 0 aliphatic heterocycles. The van der Waals surface area contributed by atoms with Crippen molar-refractivity contribution in [2.45, 2.75) is 27.2 Å². The Bertz CT molecular complexity index is 920. The van der Waals surface area contributed by atoms with Crippen molar-refractivity contribution in [3.63, 3.8) is 0 Å². The summed E-state index contributed by atoms with van der Waals surface area (Å²) in [6.45, 7) is 6.16. The molecule has 5 nitrogen and oxygen atoms in total. The van der Waals surface area contributed by atoms with E-state index in [0.29, 0.717) is 11.5 Å². The molecule has 0 atom stereocenters. The summed E-state index contributed by atoms with van der Waals surface area (Å²) in [4.78, 5) is 21.0. The van der Waals surface area contributed by atoms with E-state index in [9.17, 15) is 4.79 Å². The highest BCUT2D eigenvalue weighted by Crippen LogP contribution is 2.21. The van der Waals surface area contributed by atoms with E-state index in [1.54, 1.807) is 0 Å². The Kier molecular flexibility index (Phi) is 5.27. The molecular weight excluding hydrogens is 324 g/mol. The van der Waals surface area contributed by atoms with Crippen molar-refractivity contribution in [3.05, 3.63) is 77.1 Å². The number of amides is 1. The Hall–Kier alpha value is -3.21. The molecule has 26 heavy (non-hydrogen) atoms. The van der Waals surface area contributed by atoms with Crippen molar-refractivity contribution >= 4 is 23.2 Å². The second-order valence-electron chi connectivity index (χ2n) is 6.13. The van der Waals surface area contributed by atoms with Crippen LogP contribution in [0.15, 0.2) is 54.9 Å². The zero-order valence-corrected chi connectivity index (χ0v) is 15.2. The predicted molar refractivity (Wildman–Crippen MR) is 105 cm³/mol. The molecule has 0 saturated carbocycles. The van der Waals surface area contributed by atoms with Crippen molar-refractivity contribution in [3.8, 4) is 0 Å². The number of hydrogen-bond acceptors (Lipinski definition) is 4. The van der Waals surface area contributed by atoms with Gasteiger partial charge >= 0.3 is 0 Å². The van der Waals surface area contributed by atoms with Crippen LogP contribution < -0.4 is 10.6 Å². The topological polar surface area (TPSA) is 66.9 Å². The van der Waals surface area contributed by atoms with Crippen LogP contribution in [-0.4, -0.2) is 15.9 Å². The number of aromatic nitrogens is 2. The van der Waals surface area contributed by atoms with E-state index in [2.05, 4.69) is 40.5 Å². The molecule has 1 heterocycles. The van der Waals surface area contributed by atoms with E-state index < -0.39 is 0 Å². The van der Waals surface area contributed by atoms with Gasteiger partial charge in [0.05, 0.1) is 5.56 Å². The van der Waals surface area contributed by atoms with E-state index in [0.717, 1.165) is 28.9 Å². The van der Waals surface area contributed by atoms with Crippen molar-refractivity contribution in [2.24, 2.45) is 0 Å². The van der Waals surface area contributed by atoms with Gasteiger partial charge in [-0.25, -0.2) is 9.97 Å². The maximum Gasteiger partial charge on any atom is 0.258 e. The Morgan fingerprint density at radius 2 is 1.65 bits per heavy atom. The first-order valence-corrected chi connectivity index (χ1v) is 8.63. The number of benzene rings is 2. The van der Waals surface area contributed by atoms with Crippen LogP contribution in [0.3, 0.4) is 0 Å². The number of nitrogens with one attached hydrogen (secondary N) is 2. The van der Waals surface area contributed by atoms with Gasteiger partial charge in [-0.05, 0) is 49.1 Å². The molecule has 1 amide bonds. The standard InChI is InChI=1S/C21H22N4O/c1-4-16-9-5-6-10-19(16)24-20(26)17-12-22-21(23-13-17)25-18-11-7-8-14(2)15(18)3/h5-13H,4H2,1-3H3,(H,24,26)(H,22,23,25). The molecule has 0 saturated heterocycles. The molecule has 0 spiro atoms. The van der Waals surface area contributed by atoms with Crippen LogP contribution in [0.5, 0.6) is 0 Å². The molecule has 0 radical (unpaired) electrons. The summed E-state index contributed by atoms with van der Waals surface area (Å²) in [5.74, 6) is 0.244. The average Bonchev–Trinajstić information content (AvgIpc) is 2.66. The minimum atomic E-state index is -0.218. The van der Waals surface area contributed by atoms with Crippen LogP contribution >= 0.6 is 0 Å². The lowest BCUT2D eigenvalue weighted by Crippen LogP contribution is -2.14. The first-order valence-electron chi connectivity index (χ1n) is 8.63. The number of nitrogens with zero attached hydrogens (tertiary/aromatic N) is 2. The number of aryl methyl sites for hydroxylation is 2. The smallest absolute Gasteiger partial charge is 0.258 e. The van der Waals surface area contributed by atoms with Gasteiger partial charge in [0, 0.05) is 23.8 Å². The fourth-order valence-corrected chi connectivity index (χ4v) is 2.66. The van der Waals surface area contributed by atoms with E-state index in [1.165, 1.54) is 18.0 Å². The summed E-state index contributed by atoms with van der Waals surface area (Å²) in [5, 5.41) is 6.12. The number of hydrogen-bond donors (Lipinski definition) is 2. The summed E-state index contributed by atoms with van der Waals surface area (Å²) in [5.41, 5.74) is 5.63. The minimum absolute atomic E-state index is 0.218. The molecule has 2 N–H and O–H groups in total. The van der Waals surface area contributed by atoms with Crippen LogP contribution in [0.1, 0.15) is 34.0 Å². The van der Waals surface area contributed by atoms with E-state index in [4.69, 9.17) is 0 Å². The second-order valence-corrected chi connectivity index (χ2v) is 6.13. The van der Waals surface area contributed by atoms with Crippen LogP contribution in [-0.2, 0) is 6.42 Å². The molecule has 0 bridgehead atoms. The molecule has 1 aromatic heterocycles. The van der Waals surface area contributed by atoms with Crippen LogP contribution in [0.25, 0.3) is 0 Å². The molecular formula is C21H22N4O. The van der Waals surface area contributed by atoms with Gasteiger partial charge in [0.25, 0.3) is 5.91 Å². The van der Waals surface area contributed by atoms with E-state index >= 15 is 0 Å². The van der Waals surface area contributed by atoms with Crippen LogP contribution in [0, 0.1) is 13.8 Å². The van der Waals surface area contributed by atoms with Gasteiger partial charge in [-0.3, -0.25) is 4.79 Å². The SMILES string of the molecule is CCc1ccccc1NC(=O)c1cnc(Nc2cccc(C)c2C)nc1. The Morgan fingerprint density at radius 3 is 2.38 bits per heavy atom. The Balaban J connectivity index is 1.73. The molecule has 0 unspecified atom stereocenters. The summed E-state index contributed by atoms with van der Waals surface area (Å²) < 4.78 is 0. The maximum atomic E-state index is 12.4. The molecule has 0 aliphatic carbocycles.